The van der Waals surface area contributed by atoms with Crippen LogP contribution in [0.1, 0.15) is 29.5 Å². The Balaban J connectivity index is 1.26. The normalized spacial score (nSPS) is 13.0. The summed E-state index contributed by atoms with van der Waals surface area (Å²) in [4.78, 5) is 0. The van der Waals surface area contributed by atoms with E-state index in [4.69, 9.17) is 0 Å². The summed E-state index contributed by atoms with van der Waals surface area (Å²) in [5, 5.41) is 9.05. The van der Waals surface area contributed by atoms with Gasteiger partial charge in [0.05, 0.1) is 0 Å². The summed E-state index contributed by atoms with van der Waals surface area (Å²) in [6.07, 6.45) is 0.985. The summed E-state index contributed by atoms with van der Waals surface area (Å²) in [6, 6.07) is 51.0. The van der Waals surface area contributed by atoms with Crippen LogP contribution in [0, 0.1) is 0 Å². The molecule has 0 amide bonds. The summed E-state index contributed by atoms with van der Waals surface area (Å²) >= 11 is 0. The van der Waals surface area contributed by atoms with Crippen LogP contribution >= 0.6 is 0 Å². The molecule has 6 rings (SSSR count). The predicted octanol–water partition coefficient (Wildman–Crippen LogP) is 9.16. The van der Waals surface area contributed by atoms with E-state index in [0.717, 1.165) is 13.0 Å². The molecule has 0 aliphatic rings. The van der Waals surface area contributed by atoms with E-state index in [1.165, 1.54) is 49.4 Å². The number of hydrogen-bond acceptors (Lipinski definition) is 1. The maximum Gasteiger partial charge on any atom is 0.0208 e. The van der Waals surface area contributed by atoms with E-state index in [1.807, 2.05) is 0 Å². The zero-order chi connectivity index (χ0) is 25.7. The SMILES string of the molecule is CC(NCc1ccc2ccccc2c1)C(Cc1ccc(-c2ccccc2)cc1)c1ccc2ccccc2c1. The summed E-state index contributed by atoms with van der Waals surface area (Å²) in [5.41, 5.74) is 6.59. The van der Waals surface area contributed by atoms with Crippen molar-refractivity contribution in [1.29, 1.82) is 0 Å². The Morgan fingerprint density at radius 3 is 1.76 bits per heavy atom. The molecule has 0 saturated carbocycles. The lowest BCUT2D eigenvalue weighted by Crippen LogP contribution is -2.33. The van der Waals surface area contributed by atoms with E-state index < -0.39 is 0 Å². The van der Waals surface area contributed by atoms with Crippen molar-refractivity contribution >= 4 is 21.5 Å². The van der Waals surface area contributed by atoms with Gasteiger partial charge in [0.25, 0.3) is 0 Å². The van der Waals surface area contributed by atoms with Gasteiger partial charge in [-0.3, -0.25) is 0 Å². The number of fused-ring (bicyclic) bond motifs is 2. The second-order valence-corrected chi connectivity index (χ2v) is 10.3. The topological polar surface area (TPSA) is 12.0 Å². The first-order valence-electron chi connectivity index (χ1n) is 13.6. The molecular formula is C37H33N. The molecule has 1 nitrogen and oxygen atoms in total. The zero-order valence-electron chi connectivity index (χ0n) is 21.8. The van der Waals surface area contributed by atoms with Gasteiger partial charge >= 0.3 is 0 Å². The number of benzene rings is 6. The quantitative estimate of drug-likeness (QED) is 0.224. The lowest BCUT2D eigenvalue weighted by Gasteiger charge is -2.26. The average Bonchev–Trinajstić information content (AvgIpc) is 2.99. The largest absolute Gasteiger partial charge is 0.310 e. The van der Waals surface area contributed by atoms with E-state index in [-0.39, 0.29) is 0 Å². The van der Waals surface area contributed by atoms with Crippen LogP contribution in [0.15, 0.2) is 140 Å². The Hall–Kier alpha value is -4.20. The molecule has 38 heavy (non-hydrogen) atoms. The highest BCUT2D eigenvalue weighted by Gasteiger charge is 2.20. The molecule has 2 atom stereocenters. The first-order chi connectivity index (χ1) is 18.7. The summed E-state index contributed by atoms with van der Waals surface area (Å²) in [5.74, 6) is 0.350. The highest BCUT2D eigenvalue weighted by Crippen LogP contribution is 2.29. The van der Waals surface area contributed by atoms with Crippen LogP contribution in [-0.4, -0.2) is 6.04 Å². The van der Waals surface area contributed by atoms with Gasteiger partial charge in [-0.15, -0.1) is 0 Å². The highest BCUT2D eigenvalue weighted by atomic mass is 14.9. The Kier molecular flexibility index (Phi) is 7.02. The van der Waals surface area contributed by atoms with Gasteiger partial charge in [0.15, 0.2) is 0 Å². The highest BCUT2D eigenvalue weighted by molar-refractivity contribution is 5.83. The van der Waals surface area contributed by atoms with Crippen LogP contribution in [0.2, 0.25) is 0 Å². The minimum atomic E-state index is 0.302. The Morgan fingerprint density at radius 2 is 1.05 bits per heavy atom. The second-order valence-electron chi connectivity index (χ2n) is 10.3. The molecule has 0 aliphatic carbocycles. The lowest BCUT2D eigenvalue weighted by atomic mass is 9.85. The molecule has 0 aliphatic heterocycles. The lowest BCUT2D eigenvalue weighted by molar-refractivity contribution is 0.455. The van der Waals surface area contributed by atoms with Crippen molar-refractivity contribution in [3.8, 4) is 11.1 Å². The molecule has 6 aromatic rings. The molecule has 0 fully saturated rings. The second kappa shape index (κ2) is 11.0. The van der Waals surface area contributed by atoms with Crippen LogP contribution in [-0.2, 0) is 13.0 Å². The molecule has 2 unspecified atom stereocenters. The Morgan fingerprint density at radius 1 is 0.500 bits per heavy atom. The monoisotopic (exact) mass is 491 g/mol. The zero-order valence-corrected chi connectivity index (χ0v) is 21.8. The van der Waals surface area contributed by atoms with Crippen LogP contribution in [0.3, 0.4) is 0 Å². The average molecular weight is 492 g/mol. The van der Waals surface area contributed by atoms with E-state index in [0.29, 0.717) is 12.0 Å². The molecule has 0 aromatic heterocycles. The van der Waals surface area contributed by atoms with E-state index in [1.54, 1.807) is 0 Å². The van der Waals surface area contributed by atoms with Gasteiger partial charge in [0.1, 0.15) is 0 Å². The molecule has 0 bridgehead atoms. The van der Waals surface area contributed by atoms with Crippen molar-refractivity contribution < 1.29 is 0 Å². The van der Waals surface area contributed by atoms with Crippen molar-refractivity contribution in [2.45, 2.75) is 31.8 Å². The summed E-state index contributed by atoms with van der Waals surface area (Å²) in [7, 11) is 0. The van der Waals surface area contributed by atoms with E-state index >= 15 is 0 Å². The van der Waals surface area contributed by atoms with Crippen LogP contribution in [0.4, 0.5) is 0 Å². The molecular weight excluding hydrogens is 458 g/mol. The summed E-state index contributed by atoms with van der Waals surface area (Å²) < 4.78 is 0. The molecule has 1 N–H and O–H groups in total. The molecule has 1 heteroatoms. The van der Waals surface area contributed by atoms with Gasteiger partial charge in [0, 0.05) is 18.5 Å². The first-order valence-corrected chi connectivity index (χ1v) is 13.6. The van der Waals surface area contributed by atoms with Gasteiger partial charge in [-0.1, -0.05) is 133 Å². The smallest absolute Gasteiger partial charge is 0.0208 e. The molecule has 186 valence electrons. The third-order valence-corrected chi connectivity index (χ3v) is 7.76. The molecule has 0 radical (unpaired) electrons. The van der Waals surface area contributed by atoms with E-state index in [2.05, 4.69) is 152 Å². The third kappa shape index (κ3) is 5.39. The Bertz CT molecular complexity index is 1650. The van der Waals surface area contributed by atoms with Gasteiger partial charge in [-0.05, 0) is 68.8 Å². The maximum absolute atomic E-state index is 3.87. The van der Waals surface area contributed by atoms with Crippen LogP contribution in [0.5, 0.6) is 0 Å². The fourth-order valence-corrected chi connectivity index (χ4v) is 5.51. The van der Waals surface area contributed by atoms with Gasteiger partial charge in [-0.2, -0.15) is 0 Å². The Labute approximate surface area is 225 Å². The third-order valence-electron chi connectivity index (χ3n) is 7.76. The predicted molar refractivity (Wildman–Crippen MR) is 163 cm³/mol. The number of hydrogen-bond donors (Lipinski definition) is 1. The van der Waals surface area contributed by atoms with Gasteiger partial charge < -0.3 is 5.32 Å². The first kappa shape index (κ1) is 24.2. The molecule has 0 spiro atoms. The van der Waals surface area contributed by atoms with Crippen LogP contribution in [0.25, 0.3) is 32.7 Å². The van der Waals surface area contributed by atoms with Crippen LogP contribution < -0.4 is 5.32 Å². The van der Waals surface area contributed by atoms with Gasteiger partial charge in [-0.25, -0.2) is 0 Å². The number of rotatable bonds is 8. The van der Waals surface area contributed by atoms with Crippen molar-refractivity contribution in [3.63, 3.8) is 0 Å². The van der Waals surface area contributed by atoms with E-state index in [9.17, 15) is 0 Å². The van der Waals surface area contributed by atoms with Gasteiger partial charge in [0.2, 0.25) is 0 Å². The van der Waals surface area contributed by atoms with Crippen molar-refractivity contribution in [3.05, 3.63) is 156 Å². The number of nitrogens with one attached hydrogen (secondary N) is 1. The molecule has 6 aromatic carbocycles. The maximum atomic E-state index is 3.87. The van der Waals surface area contributed by atoms with Crippen molar-refractivity contribution in [1.82, 2.24) is 5.32 Å². The van der Waals surface area contributed by atoms with Crippen molar-refractivity contribution in [2.75, 3.05) is 0 Å². The molecule has 0 saturated heterocycles. The summed E-state index contributed by atoms with van der Waals surface area (Å²) in [6.45, 7) is 3.18. The molecule has 0 heterocycles. The van der Waals surface area contributed by atoms with Crippen molar-refractivity contribution in [2.24, 2.45) is 0 Å². The standard InChI is InChI=1S/C37H33N/c1-27(38-26-29-17-20-31-11-5-7-13-34(31)23-29)37(36-22-21-32-12-6-8-14-35(32)25-36)24-28-15-18-33(19-16-28)30-9-3-2-4-10-30/h2-23,25,27,37-38H,24,26H2,1H3. The fraction of sp³-hybridized carbons (Fsp3) is 0.135. The minimum absolute atomic E-state index is 0.302. The minimum Gasteiger partial charge on any atom is -0.310 e. The fourth-order valence-electron chi connectivity index (χ4n) is 5.51.